The molecular weight excluding hydrogens is 245 g/mol. The second kappa shape index (κ2) is 5.09. The number of aromatic amines is 1. The molecule has 0 aromatic carbocycles. The highest BCUT2D eigenvalue weighted by molar-refractivity contribution is 5.62. The van der Waals surface area contributed by atoms with Crippen molar-refractivity contribution in [1.29, 1.82) is 0 Å². The molecule has 0 fully saturated rings. The zero-order chi connectivity index (χ0) is 14.0. The Labute approximate surface area is 112 Å². The molecule has 2 aromatic heterocycles. The first kappa shape index (κ1) is 13.7. The molecule has 0 spiro atoms. The SMILES string of the molecule is C[C@@H](OC(C)(C)C)c1c[nH]cc1-c1ccnc(F)n1. The van der Waals surface area contributed by atoms with E-state index in [4.69, 9.17) is 4.74 Å². The van der Waals surface area contributed by atoms with Crippen molar-refractivity contribution in [2.45, 2.75) is 39.4 Å². The van der Waals surface area contributed by atoms with Gasteiger partial charge in [-0.1, -0.05) is 0 Å². The topological polar surface area (TPSA) is 50.8 Å². The van der Waals surface area contributed by atoms with Crippen LogP contribution in [-0.2, 0) is 4.74 Å². The van der Waals surface area contributed by atoms with Gasteiger partial charge < -0.3 is 9.72 Å². The Hall–Kier alpha value is -1.75. The minimum Gasteiger partial charge on any atom is -0.368 e. The first-order valence-electron chi connectivity index (χ1n) is 6.20. The number of H-pyrrole nitrogens is 1. The van der Waals surface area contributed by atoms with Crippen molar-refractivity contribution in [3.63, 3.8) is 0 Å². The lowest BCUT2D eigenvalue weighted by molar-refractivity contribution is -0.0526. The molecule has 2 heterocycles. The lowest BCUT2D eigenvalue weighted by Crippen LogP contribution is -2.21. The van der Waals surface area contributed by atoms with Gasteiger partial charge >= 0.3 is 6.08 Å². The van der Waals surface area contributed by atoms with E-state index in [0.29, 0.717) is 5.69 Å². The van der Waals surface area contributed by atoms with Gasteiger partial charge in [-0.2, -0.15) is 4.39 Å². The van der Waals surface area contributed by atoms with Crippen LogP contribution in [-0.4, -0.2) is 20.6 Å². The Bertz CT molecular complexity index is 560. The third-order valence-corrected chi connectivity index (χ3v) is 2.65. The number of nitrogens with one attached hydrogen (secondary N) is 1. The largest absolute Gasteiger partial charge is 0.368 e. The van der Waals surface area contributed by atoms with Crippen molar-refractivity contribution in [2.75, 3.05) is 0 Å². The van der Waals surface area contributed by atoms with E-state index in [9.17, 15) is 4.39 Å². The second-order valence-corrected chi connectivity index (χ2v) is 5.41. The predicted octanol–water partition coefficient (Wildman–Crippen LogP) is 3.49. The maximum atomic E-state index is 13.1. The van der Waals surface area contributed by atoms with E-state index in [0.717, 1.165) is 11.1 Å². The quantitative estimate of drug-likeness (QED) is 0.862. The number of nitrogens with zero attached hydrogens (tertiary/aromatic N) is 2. The Balaban J connectivity index is 2.32. The van der Waals surface area contributed by atoms with Crippen LogP contribution in [0.2, 0.25) is 0 Å². The summed E-state index contributed by atoms with van der Waals surface area (Å²) in [7, 11) is 0. The van der Waals surface area contributed by atoms with Gasteiger partial charge in [-0.25, -0.2) is 9.97 Å². The van der Waals surface area contributed by atoms with Crippen LogP contribution in [0.15, 0.2) is 24.7 Å². The first-order valence-corrected chi connectivity index (χ1v) is 6.20. The van der Waals surface area contributed by atoms with Gasteiger partial charge in [0.25, 0.3) is 0 Å². The maximum absolute atomic E-state index is 13.1. The Morgan fingerprint density at radius 3 is 2.68 bits per heavy atom. The molecule has 1 N–H and O–H groups in total. The summed E-state index contributed by atoms with van der Waals surface area (Å²) in [5.41, 5.74) is 2.09. The number of ether oxygens (including phenoxy) is 1. The molecule has 0 aliphatic heterocycles. The molecule has 0 aliphatic carbocycles. The number of halogens is 1. The summed E-state index contributed by atoms with van der Waals surface area (Å²) in [4.78, 5) is 10.3. The molecule has 5 heteroatoms. The summed E-state index contributed by atoms with van der Waals surface area (Å²) in [5, 5.41) is 0. The number of aromatic nitrogens is 3. The molecule has 0 aliphatic rings. The molecule has 4 nitrogen and oxygen atoms in total. The Kier molecular flexibility index (Phi) is 3.66. The fourth-order valence-corrected chi connectivity index (χ4v) is 2.01. The molecule has 2 rings (SSSR count). The van der Waals surface area contributed by atoms with Crippen LogP contribution in [0.1, 0.15) is 39.4 Å². The first-order chi connectivity index (χ1) is 8.87. The van der Waals surface area contributed by atoms with Crippen LogP contribution in [0.4, 0.5) is 4.39 Å². The molecule has 0 saturated carbocycles. The Morgan fingerprint density at radius 1 is 1.32 bits per heavy atom. The molecular formula is C14H18FN3O. The van der Waals surface area contributed by atoms with Gasteiger partial charge in [-0.05, 0) is 33.8 Å². The van der Waals surface area contributed by atoms with E-state index in [-0.39, 0.29) is 11.7 Å². The molecule has 1 atom stereocenters. The molecule has 0 radical (unpaired) electrons. The van der Waals surface area contributed by atoms with Crippen LogP contribution >= 0.6 is 0 Å². The fourth-order valence-electron chi connectivity index (χ4n) is 2.01. The van der Waals surface area contributed by atoms with E-state index >= 15 is 0 Å². The average molecular weight is 263 g/mol. The number of hydrogen-bond donors (Lipinski definition) is 1. The van der Waals surface area contributed by atoms with Crippen LogP contribution < -0.4 is 0 Å². The van der Waals surface area contributed by atoms with Crippen LogP contribution in [0.5, 0.6) is 0 Å². The minimum absolute atomic E-state index is 0.112. The van der Waals surface area contributed by atoms with Gasteiger partial charge in [0.1, 0.15) is 0 Å². The minimum atomic E-state index is -0.728. The fraction of sp³-hybridized carbons (Fsp3) is 0.429. The lowest BCUT2D eigenvalue weighted by Gasteiger charge is -2.25. The molecule has 102 valence electrons. The van der Waals surface area contributed by atoms with E-state index in [1.165, 1.54) is 6.20 Å². The van der Waals surface area contributed by atoms with E-state index < -0.39 is 6.08 Å². The summed E-state index contributed by atoms with van der Waals surface area (Å²) in [6.45, 7) is 7.97. The van der Waals surface area contributed by atoms with Gasteiger partial charge in [0.2, 0.25) is 0 Å². The zero-order valence-corrected chi connectivity index (χ0v) is 11.6. The van der Waals surface area contributed by atoms with Crippen molar-refractivity contribution in [1.82, 2.24) is 15.0 Å². The standard InChI is InChI=1S/C14H18FN3O/c1-9(19-14(2,3)4)10-7-16-8-11(10)12-5-6-17-13(15)18-12/h5-9,16H,1-4H3/t9-/m1/s1. The van der Waals surface area contributed by atoms with E-state index in [2.05, 4.69) is 15.0 Å². The monoisotopic (exact) mass is 263 g/mol. The normalized spacial score (nSPS) is 13.5. The average Bonchev–Trinajstić information content (AvgIpc) is 2.75. The van der Waals surface area contributed by atoms with Gasteiger partial charge in [0.15, 0.2) is 0 Å². The van der Waals surface area contributed by atoms with Crippen LogP contribution in [0.3, 0.4) is 0 Å². The van der Waals surface area contributed by atoms with Gasteiger partial charge in [0.05, 0.1) is 17.4 Å². The van der Waals surface area contributed by atoms with E-state index in [1.807, 2.05) is 33.9 Å². The van der Waals surface area contributed by atoms with Gasteiger partial charge in [-0.3, -0.25) is 0 Å². The summed E-state index contributed by atoms with van der Waals surface area (Å²) in [5.74, 6) is 0. The van der Waals surface area contributed by atoms with Gasteiger partial charge in [0, 0.05) is 29.7 Å². The highest BCUT2D eigenvalue weighted by Crippen LogP contribution is 2.31. The van der Waals surface area contributed by atoms with Crippen molar-refractivity contribution in [3.05, 3.63) is 36.3 Å². The maximum Gasteiger partial charge on any atom is 0.309 e. The van der Waals surface area contributed by atoms with Crippen molar-refractivity contribution >= 4 is 0 Å². The highest BCUT2D eigenvalue weighted by Gasteiger charge is 2.20. The molecule has 19 heavy (non-hydrogen) atoms. The summed E-state index contributed by atoms with van der Waals surface area (Å²) in [6.07, 6.45) is 4.21. The smallest absolute Gasteiger partial charge is 0.309 e. The highest BCUT2D eigenvalue weighted by atomic mass is 19.1. The zero-order valence-electron chi connectivity index (χ0n) is 11.6. The molecule has 0 amide bonds. The van der Waals surface area contributed by atoms with E-state index in [1.54, 1.807) is 12.3 Å². The number of rotatable bonds is 3. The summed E-state index contributed by atoms with van der Waals surface area (Å²) < 4.78 is 19.0. The molecule has 0 bridgehead atoms. The molecule has 0 saturated heterocycles. The summed E-state index contributed by atoms with van der Waals surface area (Å²) in [6, 6.07) is 1.68. The number of hydrogen-bond acceptors (Lipinski definition) is 3. The molecule has 2 aromatic rings. The third kappa shape index (κ3) is 3.38. The van der Waals surface area contributed by atoms with Crippen molar-refractivity contribution in [3.8, 4) is 11.3 Å². The Morgan fingerprint density at radius 2 is 2.05 bits per heavy atom. The predicted molar refractivity (Wildman–Crippen MR) is 71.0 cm³/mol. The van der Waals surface area contributed by atoms with Gasteiger partial charge in [-0.15, -0.1) is 0 Å². The third-order valence-electron chi connectivity index (χ3n) is 2.65. The van der Waals surface area contributed by atoms with Crippen LogP contribution in [0, 0.1) is 6.08 Å². The van der Waals surface area contributed by atoms with Crippen LogP contribution in [0.25, 0.3) is 11.3 Å². The second-order valence-electron chi connectivity index (χ2n) is 5.41. The van der Waals surface area contributed by atoms with Crippen molar-refractivity contribution in [2.24, 2.45) is 0 Å². The lowest BCUT2D eigenvalue weighted by atomic mass is 10.1. The van der Waals surface area contributed by atoms with Crippen molar-refractivity contribution < 1.29 is 9.13 Å². The summed E-state index contributed by atoms with van der Waals surface area (Å²) >= 11 is 0. The molecule has 0 unspecified atom stereocenters.